The average Bonchev–Trinajstić information content (AvgIpc) is 3.73. The summed E-state index contributed by atoms with van der Waals surface area (Å²) in [5.41, 5.74) is 12.6. The summed E-state index contributed by atoms with van der Waals surface area (Å²) in [5, 5.41) is 12.1. The fraction of sp³-hybridized carbons (Fsp3) is 0. The lowest BCUT2D eigenvalue weighted by atomic mass is 9.95. The molecule has 13 rings (SSSR count). The fourth-order valence-electron chi connectivity index (χ4n) is 10.4. The molecular weight excluding hydrogens is 811 g/mol. The van der Waals surface area contributed by atoms with Crippen molar-refractivity contribution < 1.29 is 0 Å². The quantitative estimate of drug-likeness (QED) is 0.151. The lowest BCUT2D eigenvalue weighted by molar-refractivity contribution is 1.18. The summed E-state index contributed by atoms with van der Waals surface area (Å²) in [5.74, 6) is 0. The van der Waals surface area contributed by atoms with Crippen LogP contribution in [0.4, 0.5) is 34.1 Å². The number of anilines is 6. The summed E-state index contributed by atoms with van der Waals surface area (Å²) in [6.45, 7) is 0. The van der Waals surface area contributed by atoms with Gasteiger partial charge in [-0.05, 0) is 128 Å². The Balaban J connectivity index is 0.951. The van der Waals surface area contributed by atoms with Gasteiger partial charge in [0.2, 0.25) is 0 Å². The van der Waals surface area contributed by atoms with E-state index in [2.05, 4.69) is 275 Å². The fourth-order valence-corrected chi connectivity index (χ4v) is 10.4. The molecule has 0 N–H and O–H groups in total. The largest absolute Gasteiger partial charge is 0.310 e. The van der Waals surface area contributed by atoms with Crippen molar-refractivity contribution >= 4 is 99.0 Å². The molecule has 0 bridgehead atoms. The van der Waals surface area contributed by atoms with Gasteiger partial charge in [-0.1, -0.05) is 176 Å². The lowest BCUT2D eigenvalue weighted by Crippen LogP contribution is -2.11. The van der Waals surface area contributed by atoms with Crippen LogP contribution in [0, 0.1) is 0 Å². The van der Waals surface area contributed by atoms with Gasteiger partial charge in [-0.3, -0.25) is 0 Å². The molecule has 0 radical (unpaired) electrons. The Bertz CT molecular complexity index is 3990. The molecule has 1 heterocycles. The molecule has 67 heavy (non-hydrogen) atoms. The van der Waals surface area contributed by atoms with E-state index in [9.17, 15) is 0 Å². The highest BCUT2D eigenvalue weighted by molar-refractivity contribution is 6.12. The zero-order valence-electron chi connectivity index (χ0n) is 36.7. The smallest absolute Gasteiger partial charge is 0.0542 e. The van der Waals surface area contributed by atoms with Crippen LogP contribution in [0.3, 0.4) is 0 Å². The molecule has 0 fully saturated rings. The molecule has 0 atom stereocenters. The maximum absolute atomic E-state index is 2.44. The SMILES string of the molecule is c1ccc(-n2c3ccccc3c3cc(N(c4ccc(-c5ccc(N(c6ccc7ccccc7c6)c6cccc7ccccc67)c6ccccc56)cc4)c4ccc5ccccc5c4)ccc32)cc1. The Morgan fingerprint density at radius 1 is 0.254 bits per heavy atom. The van der Waals surface area contributed by atoms with Gasteiger partial charge in [-0.25, -0.2) is 0 Å². The molecule has 13 aromatic rings. The third kappa shape index (κ3) is 6.59. The minimum absolute atomic E-state index is 1.09. The van der Waals surface area contributed by atoms with Crippen LogP contribution in [0.15, 0.2) is 261 Å². The number of nitrogens with zero attached hydrogens (tertiary/aromatic N) is 3. The van der Waals surface area contributed by atoms with E-state index < -0.39 is 0 Å². The second-order valence-corrected chi connectivity index (χ2v) is 17.3. The minimum Gasteiger partial charge on any atom is -0.310 e. The van der Waals surface area contributed by atoms with Gasteiger partial charge in [0, 0.05) is 50.0 Å². The summed E-state index contributed by atoms with van der Waals surface area (Å²) in [7, 11) is 0. The minimum atomic E-state index is 1.09. The number of hydrogen-bond acceptors (Lipinski definition) is 2. The second-order valence-electron chi connectivity index (χ2n) is 17.3. The van der Waals surface area contributed by atoms with Crippen molar-refractivity contribution in [1.82, 2.24) is 4.57 Å². The first kappa shape index (κ1) is 38.5. The van der Waals surface area contributed by atoms with Crippen molar-refractivity contribution in [3.05, 3.63) is 261 Å². The first-order valence-corrected chi connectivity index (χ1v) is 23.0. The van der Waals surface area contributed by atoms with Gasteiger partial charge in [-0.2, -0.15) is 0 Å². The van der Waals surface area contributed by atoms with Gasteiger partial charge < -0.3 is 14.4 Å². The van der Waals surface area contributed by atoms with Gasteiger partial charge in [0.15, 0.2) is 0 Å². The van der Waals surface area contributed by atoms with E-state index in [0.29, 0.717) is 0 Å². The van der Waals surface area contributed by atoms with E-state index in [4.69, 9.17) is 0 Å². The van der Waals surface area contributed by atoms with Crippen LogP contribution in [0.5, 0.6) is 0 Å². The van der Waals surface area contributed by atoms with Crippen molar-refractivity contribution in [3.8, 4) is 16.8 Å². The van der Waals surface area contributed by atoms with Gasteiger partial charge in [-0.15, -0.1) is 0 Å². The lowest BCUT2D eigenvalue weighted by Gasteiger charge is -2.29. The van der Waals surface area contributed by atoms with Crippen LogP contribution in [0.2, 0.25) is 0 Å². The Morgan fingerprint density at radius 2 is 0.761 bits per heavy atom. The normalized spacial score (nSPS) is 11.6. The van der Waals surface area contributed by atoms with Crippen LogP contribution in [-0.4, -0.2) is 4.57 Å². The number of rotatable bonds is 8. The van der Waals surface area contributed by atoms with E-state index in [1.807, 2.05) is 0 Å². The molecule has 12 aromatic carbocycles. The molecule has 0 aliphatic heterocycles. The van der Waals surface area contributed by atoms with Crippen molar-refractivity contribution in [1.29, 1.82) is 0 Å². The Kier molecular flexibility index (Phi) is 9.17. The highest BCUT2D eigenvalue weighted by Gasteiger charge is 2.21. The summed E-state index contributed by atoms with van der Waals surface area (Å²) in [6, 6.07) is 95.1. The van der Waals surface area contributed by atoms with Crippen molar-refractivity contribution in [2.45, 2.75) is 0 Å². The third-order valence-electron chi connectivity index (χ3n) is 13.5. The highest BCUT2D eigenvalue weighted by Crippen LogP contribution is 2.46. The van der Waals surface area contributed by atoms with E-state index >= 15 is 0 Å². The molecule has 1 aromatic heterocycles. The van der Waals surface area contributed by atoms with Crippen molar-refractivity contribution in [2.75, 3.05) is 9.80 Å². The second kappa shape index (κ2) is 16.0. The number of para-hydroxylation sites is 2. The van der Waals surface area contributed by atoms with Crippen LogP contribution in [0.1, 0.15) is 0 Å². The highest BCUT2D eigenvalue weighted by atomic mass is 15.2. The maximum atomic E-state index is 2.44. The Hall–Kier alpha value is -8.92. The van der Waals surface area contributed by atoms with Gasteiger partial charge in [0.1, 0.15) is 0 Å². The molecule has 3 heteroatoms. The predicted octanol–water partition coefficient (Wildman–Crippen LogP) is 18.0. The van der Waals surface area contributed by atoms with Crippen LogP contribution < -0.4 is 9.80 Å². The summed E-state index contributed by atoms with van der Waals surface area (Å²) >= 11 is 0. The topological polar surface area (TPSA) is 11.4 Å². The van der Waals surface area contributed by atoms with Crippen molar-refractivity contribution in [3.63, 3.8) is 0 Å². The third-order valence-corrected chi connectivity index (χ3v) is 13.5. The molecule has 0 amide bonds. The van der Waals surface area contributed by atoms with Crippen LogP contribution in [0.25, 0.3) is 81.7 Å². The number of aromatic nitrogens is 1. The average molecular weight is 854 g/mol. The number of fused-ring (bicyclic) bond motifs is 7. The maximum Gasteiger partial charge on any atom is 0.0542 e. The first-order valence-electron chi connectivity index (χ1n) is 23.0. The van der Waals surface area contributed by atoms with E-state index in [0.717, 1.165) is 45.4 Å². The molecule has 314 valence electrons. The standard InChI is InChI=1S/C64H43N3/c1-2-21-50(22-3-1)66-62-27-13-12-26-59(62)60-43-54(37-39-64(60)66)65(52-35-29-44-15-4-6-18-48(44)41-52)51-33-31-47(32-34-51)55-38-40-63(58-25-11-10-24-57(55)58)67(53-36-30-45-16-5-7-19-49(45)42-53)61-28-14-20-46-17-8-9-23-56(46)61/h1-43H. The van der Waals surface area contributed by atoms with Gasteiger partial charge in [0.05, 0.1) is 22.4 Å². The van der Waals surface area contributed by atoms with Gasteiger partial charge >= 0.3 is 0 Å². The van der Waals surface area contributed by atoms with Gasteiger partial charge in [0.25, 0.3) is 0 Å². The molecular formula is C64H43N3. The molecule has 0 spiro atoms. The Labute approximate surface area is 389 Å². The zero-order valence-corrected chi connectivity index (χ0v) is 36.7. The molecule has 3 nitrogen and oxygen atoms in total. The molecule has 0 saturated carbocycles. The van der Waals surface area contributed by atoms with Crippen molar-refractivity contribution in [2.24, 2.45) is 0 Å². The first-order chi connectivity index (χ1) is 33.2. The summed E-state index contributed by atoms with van der Waals surface area (Å²) in [4.78, 5) is 4.84. The molecule has 0 aliphatic rings. The molecule has 0 aliphatic carbocycles. The Morgan fingerprint density at radius 3 is 1.49 bits per heavy atom. The number of benzene rings is 12. The summed E-state index contributed by atoms with van der Waals surface area (Å²) in [6.07, 6.45) is 0. The van der Waals surface area contributed by atoms with Crippen LogP contribution >= 0.6 is 0 Å². The summed E-state index contributed by atoms with van der Waals surface area (Å²) < 4.78 is 2.38. The predicted molar refractivity (Wildman–Crippen MR) is 286 cm³/mol. The van der Waals surface area contributed by atoms with E-state index in [1.165, 1.54) is 70.5 Å². The van der Waals surface area contributed by atoms with Crippen LogP contribution in [-0.2, 0) is 0 Å². The molecule has 0 saturated heterocycles. The number of hydrogen-bond donors (Lipinski definition) is 0. The monoisotopic (exact) mass is 853 g/mol. The molecule has 0 unspecified atom stereocenters. The zero-order chi connectivity index (χ0) is 44.3. The van der Waals surface area contributed by atoms with E-state index in [-0.39, 0.29) is 0 Å². The van der Waals surface area contributed by atoms with E-state index in [1.54, 1.807) is 0 Å².